The van der Waals surface area contributed by atoms with Gasteiger partial charge in [-0.25, -0.2) is 0 Å². The first-order chi connectivity index (χ1) is 6.20. The average Bonchev–Trinajstić information content (AvgIpc) is 2.10. The fraction of sp³-hybridized carbons (Fsp3) is 1.00. The van der Waals surface area contributed by atoms with Crippen LogP contribution in [0.25, 0.3) is 0 Å². The third-order valence-corrected chi connectivity index (χ3v) is 2.55. The molecule has 0 saturated carbocycles. The molecule has 1 unspecified atom stereocenters. The second-order valence-electron chi connectivity index (χ2n) is 4.38. The lowest BCUT2D eigenvalue weighted by Crippen LogP contribution is -2.29. The standard InChI is InChI=1S/C12H27N/c1-5-7-8-12(6-2)13-10-9-11(3)4/h11-13H,5-10H2,1-4H3. The lowest BCUT2D eigenvalue weighted by molar-refractivity contribution is 0.428. The van der Waals surface area contributed by atoms with Gasteiger partial charge < -0.3 is 5.32 Å². The van der Waals surface area contributed by atoms with Crippen molar-refractivity contribution in [3.05, 3.63) is 0 Å². The Morgan fingerprint density at radius 3 is 2.23 bits per heavy atom. The van der Waals surface area contributed by atoms with E-state index in [1.165, 1.54) is 38.6 Å². The molecule has 0 aromatic carbocycles. The minimum atomic E-state index is 0.763. The summed E-state index contributed by atoms with van der Waals surface area (Å²) in [6.07, 6.45) is 6.63. The lowest BCUT2D eigenvalue weighted by atomic mass is 10.1. The maximum Gasteiger partial charge on any atom is 0.00644 e. The van der Waals surface area contributed by atoms with Crippen molar-refractivity contribution in [1.82, 2.24) is 5.32 Å². The van der Waals surface area contributed by atoms with E-state index in [0.717, 1.165) is 12.0 Å². The maximum absolute atomic E-state index is 3.64. The maximum atomic E-state index is 3.64. The summed E-state index contributed by atoms with van der Waals surface area (Å²) in [5, 5.41) is 3.64. The zero-order valence-electron chi connectivity index (χ0n) is 9.90. The van der Waals surface area contributed by atoms with Crippen molar-refractivity contribution in [3.63, 3.8) is 0 Å². The van der Waals surface area contributed by atoms with Crippen LogP contribution in [-0.2, 0) is 0 Å². The zero-order valence-corrected chi connectivity index (χ0v) is 9.90. The van der Waals surface area contributed by atoms with E-state index >= 15 is 0 Å². The number of hydrogen-bond donors (Lipinski definition) is 1. The molecule has 0 aliphatic carbocycles. The van der Waals surface area contributed by atoms with Crippen LogP contribution >= 0.6 is 0 Å². The van der Waals surface area contributed by atoms with Crippen molar-refractivity contribution in [3.8, 4) is 0 Å². The highest BCUT2D eigenvalue weighted by molar-refractivity contribution is 4.64. The molecule has 80 valence electrons. The van der Waals surface area contributed by atoms with Crippen LogP contribution in [-0.4, -0.2) is 12.6 Å². The third kappa shape index (κ3) is 8.29. The molecule has 0 saturated heterocycles. The Hall–Kier alpha value is -0.0400. The summed E-state index contributed by atoms with van der Waals surface area (Å²) in [5.41, 5.74) is 0. The summed E-state index contributed by atoms with van der Waals surface area (Å²) in [6.45, 7) is 10.3. The Kier molecular flexibility index (Phi) is 8.53. The van der Waals surface area contributed by atoms with Gasteiger partial charge in [0.2, 0.25) is 0 Å². The van der Waals surface area contributed by atoms with Crippen LogP contribution < -0.4 is 5.32 Å². The smallest absolute Gasteiger partial charge is 0.00644 e. The molecule has 1 N–H and O–H groups in total. The van der Waals surface area contributed by atoms with Gasteiger partial charge in [0.1, 0.15) is 0 Å². The number of unbranched alkanes of at least 4 members (excludes halogenated alkanes) is 1. The summed E-state index contributed by atoms with van der Waals surface area (Å²) in [6, 6.07) is 0.763. The molecule has 0 aliphatic heterocycles. The topological polar surface area (TPSA) is 12.0 Å². The van der Waals surface area contributed by atoms with Crippen LogP contribution in [0.5, 0.6) is 0 Å². The molecule has 0 rings (SSSR count). The molecule has 0 amide bonds. The molecule has 0 aliphatic rings. The minimum Gasteiger partial charge on any atom is -0.314 e. The summed E-state index contributed by atoms with van der Waals surface area (Å²) in [5.74, 6) is 0.830. The minimum absolute atomic E-state index is 0.763. The van der Waals surface area contributed by atoms with Crippen LogP contribution in [0.3, 0.4) is 0 Å². The van der Waals surface area contributed by atoms with Crippen LogP contribution in [0.15, 0.2) is 0 Å². The third-order valence-electron chi connectivity index (χ3n) is 2.55. The first-order valence-electron chi connectivity index (χ1n) is 5.94. The summed E-state index contributed by atoms with van der Waals surface area (Å²) < 4.78 is 0. The Morgan fingerprint density at radius 2 is 1.77 bits per heavy atom. The van der Waals surface area contributed by atoms with Gasteiger partial charge in [-0.05, 0) is 31.7 Å². The predicted molar refractivity (Wildman–Crippen MR) is 61.1 cm³/mol. The van der Waals surface area contributed by atoms with E-state index in [2.05, 4.69) is 33.0 Å². The van der Waals surface area contributed by atoms with Crippen molar-refractivity contribution >= 4 is 0 Å². The van der Waals surface area contributed by atoms with E-state index in [1.54, 1.807) is 0 Å². The molecule has 0 bridgehead atoms. The van der Waals surface area contributed by atoms with Gasteiger partial charge in [-0.2, -0.15) is 0 Å². The van der Waals surface area contributed by atoms with Crippen molar-refractivity contribution in [2.75, 3.05) is 6.54 Å². The molecule has 1 atom stereocenters. The van der Waals surface area contributed by atoms with Crippen LogP contribution in [0, 0.1) is 5.92 Å². The van der Waals surface area contributed by atoms with E-state index in [-0.39, 0.29) is 0 Å². The molecule has 0 aromatic heterocycles. The summed E-state index contributed by atoms with van der Waals surface area (Å²) in [4.78, 5) is 0. The van der Waals surface area contributed by atoms with Gasteiger partial charge in [0.25, 0.3) is 0 Å². The van der Waals surface area contributed by atoms with Crippen molar-refractivity contribution in [2.24, 2.45) is 5.92 Å². The van der Waals surface area contributed by atoms with Crippen molar-refractivity contribution in [1.29, 1.82) is 0 Å². The average molecular weight is 185 g/mol. The Balaban J connectivity index is 3.36. The van der Waals surface area contributed by atoms with E-state index in [4.69, 9.17) is 0 Å². The van der Waals surface area contributed by atoms with Gasteiger partial charge in [-0.1, -0.05) is 40.5 Å². The Morgan fingerprint density at radius 1 is 1.08 bits per heavy atom. The number of nitrogens with one attached hydrogen (secondary N) is 1. The van der Waals surface area contributed by atoms with Gasteiger partial charge >= 0.3 is 0 Å². The summed E-state index contributed by atoms with van der Waals surface area (Å²) >= 11 is 0. The van der Waals surface area contributed by atoms with Crippen LogP contribution in [0.2, 0.25) is 0 Å². The Bertz CT molecular complexity index is 99.3. The molecule has 13 heavy (non-hydrogen) atoms. The van der Waals surface area contributed by atoms with Gasteiger partial charge in [0, 0.05) is 6.04 Å². The zero-order chi connectivity index (χ0) is 10.1. The first kappa shape index (κ1) is 13.0. The van der Waals surface area contributed by atoms with Crippen molar-refractivity contribution in [2.45, 2.75) is 65.8 Å². The molecule has 0 radical (unpaired) electrons. The van der Waals surface area contributed by atoms with Crippen LogP contribution in [0.1, 0.15) is 59.8 Å². The van der Waals surface area contributed by atoms with Gasteiger partial charge in [0.05, 0.1) is 0 Å². The highest BCUT2D eigenvalue weighted by Crippen LogP contribution is 2.05. The summed E-state index contributed by atoms with van der Waals surface area (Å²) in [7, 11) is 0. The number of rotatable bonds is 8. The van der Waals surface area contributed by atoms with Gasteiger partial charge in [-0.3, -0.25) is 0 Å². The monoisotopic (exact) mass is 185 g/mol. The quantitative estimate of drug-likeness (QED) is 0.609. The normalized spacial score (nSPS) is 13.6. The SMILES string of the molecule is CCCCC(CC)NCCC(C)C. The fourth-order valence-corrected chi connectivity index (χ4v) is 1.48. The first-order valence-corrected chi connectivity index (χ1v) is 5.94. The Labute approximate surface area is 84.3 Å². The lowest BCUT2D eigenvalue weighted by Gasteiger charge is -2.17. The van der Waals surface area contributed by atoms with Gasteiger partial charge in [-0.15, -0.1) is 0 Å². The highest BCUT2D eigenvalue weighted by atomic mass is 14.9. The van der Waals surface area contributed by atoms with E-state index < -0.39 is 0 Å². The van der Waals surface area contributed by atoms with E-state index in [9.17, 15) is 0 Å². The van der Waals surface area contributed by atoms with E-state index in [1.807, 2.05) is 0 Å². The van der Waals surface area contributed by atoms with E-state index in [0.29, 0.717) is 0 Å². The molecule has 1 heteroatoms. The fourth-order valence-electron chi connectivity index (χ4n) is 1.48. The highest BCUT2D eigenvalue weighted by Gasteiger charge is 2.04. The molecule has 0 heterocycles. The molecule has 0 aromatic rings. The molecule has 0 fully saturated rings. The number of hydrogen-bond acceptors (Lipinski definition) is 1. The molecule has 0 spiro atoms. The van der Waals surface area contributed by atoms with Crippen LogP contribution in [0.4, 0.5) is 0 Å². The van der Waals surface area contributed by atoms with Crippen molar-refractivity contribution < 1.29 is 0 Å². The molecular weight excluding hydrogens is 158 g/mol. The largest absolute Gasteiger partial charge is 0.314 e. The molecule has 1 nitrogen and oxygen atoms in total. The van der Waals surface area contributed by atoms with Gasteiger partial charge in [0.15, 0.2) is 0 Å². The second-order valence-corrected chi connectivity index (χ2v) is 4.38. The molecular formula is C12H27N. The second kappa shape index (κ2) is 8.55. The predicted octanol–water partition coefficient (Wildman–Crippen LogP) is 3.59.